The first-order valence-corrected chi connectivity index (χ1v) is 10.9. The van der Waals surface area contributed by atoms with Crippen molar-refractivity contribution in [3.63, 3.8) is 0 Å². The molecule has 4 nitrogen and oxygen atoms in total. The van der Waals surface area contributed by atoms with Gasteiger partial charge in [-0.15, -0.1) is 0 Å². The minimum Gasteiger partial charge on any atom is -0.472 e. The molecule has 0 saturated heterocycles. The molecule has 150 valence electrons. The molecule has 4 aliphatic carbocycles. The van der Waals surface area contributed by atoms with Crippen LogP contribution in [0.5, 0.6) is 0 Å². The second kappa shape index (κ2) is 5.61. The molecular formula is C23H34O4. The molecule has 3 N–H and O–H groups in total. The number of hydrogen-bond donors (Lipinski definition) is 3. The van der Waals surface area contributed by atoms with E-state index in [9.17, 15) is 15.3 Å². The Morgan fingerprint density at radius 1 is 0.963 bits per heavy atom. The van der Waals surface area contributed by atoms with Gasteiger partial charge in [0.15, 0.2) is 0 Å². The Labute approximate surface area is 162 Å². The highest BCUT2D eigenvalue weighted by Gasteiger charge is 2.72. The Bertz CT molecular complexity index is 716. The molecule has 0 radical (unpaired) electrons. The third-order valence-corrected chi connectivity index (χ3v) is 9.97. The zero-order chi connectivity index (χ0) is 19.1. The second-order valence-corrected chi connectivity index (χ2v) is 10.6. The molecule has 4 heteroatoms. The van der Waals surface area contributed by atoms with Gasteiger partial charge in [0.1, 0.15) is 5.60 Å². The van der Waals surface area contributed by atoms with Crippen LogP contribution in [0.25, 0.3) is 0 Å². The van der Waals surface area contributed by atoms with E-state index in [0.29, 0.717) is 24.7 Å². The van der Waals surface area contributed by atoms with Gasteiger partial charge in [0, 0.05) is 11.0 Å². The van der Waals surface area contributed by atoms with Gasteiger partial charge < -0.3 is 19.7 Å². The number of rotatable bonds is 1. The Kier molecular flexibility index (Phi) is 3.78. The molecule has 0 spiro atoms. The molecule has 1 aromatic heterocycles. The molecule has 8 atom stereocenters. The van der Waals surface area contributed by atoms with Crippen LogP contribution in [0, 0.1) is 28.6 Å². The van der Waals surface area contributed by atoms with Gasteiger partial charge >= 0.3 is 0 Å². The molecule has 5 rings (SSSR count). The maximum absolute atomic E-state index is 12.1. The van der Waals surface area contributed by atoms with E-state index < -0.39 is 16.6 Å². The van der Waals surface area contributed by atoms with Crippen LogP contribution >= 0.6 is 0 Å². The average Bonchev–Trinajstić information content (AvgIpc) is 3.24. The Balaban J connectivity index is 1.52. The third kappa shape index (κ3) is 2.10. The lowest BCUT2D eigenvalue weighted by Crippen LogP contribution is -2.64. The van der Waals surface area contributed by atoms with Crippen LogP contribution in [0.2, 0.25) is 0 Å². The van der Waals surface area contributed by atoms with Crippen LogP contribution in [0.3, 0.4) is 0 Å². The summed E-state index contributed by atoms with van der Waals surface area (Å²) < 4.78 is 5.29. The normalized spacial score (nSPS) is 54.9. The predicted molar refractivity (Wildman–Crippen MR) is 102 cm³/mol. The lowest BCUT2D eigenvalue weighted by atomic mass is 9.43. The topological polar surface area (TPSA) is 73.8 Å². The highest BCUT2D eigenvalue weighted by molar-refractivity contribution is 5.30. The fourth-order valence-electron chi connectivity index (χ4n) is 8.18. The smallest absolute Gasteiger partial charge is 0.101 e. The summed E-state index contributed by atoms with van der Waals surface area (Å²) in [7, 11) is 0. The monoisotopic (exact) mass is 374 g/mol. The van der Waals surface area contributed by atoms with Crippen molar-refractivity contribution in [1.29, 1.82) is 0 Å². The van der Waals surface area contributed by atoms with Gasteiger partial charge in [-0.25, -0.2) is 0 Å². The van der Waals surface area contributed by atoms with E-state index in [0.717, 1.165) is 50.5 Å². The molecule has 27 heavy (non-hydrogen) atoms. The van der Waals surface area contributed by atoms with Crippen molar-refractivity contribution >= 4 is 0 Å². The first kappa shape index (κ1) is 18.2. The zero-order valence-corrected chi connectivity index (χ0v) is 16.7. The Hall–Kier alpha value is -0.840. The standard InChI is InChI=1S/C23H34O4/c1-20-8-5-17(24)13-15(20)3-4-19-18(20)6-9-21(2)22(25,10-11-23(19,21)26)16-7-12-27-14-16/h7,12,14-15,17-19,24-26H,3-6,8-11,13H2,1-2H3/t15-,17-,18+,19-,20-,21+,22+,23-/m0/s1. The lowest BCUT2D eigenvalue weighted by molar-refractivity contribution is -0.238. The Morgan fingerprint density at radius 2 is 1.78 bits per heavy atom. The minimum atomic E-state index is -1.01. The van der Waals surface area contributed by atoms with Gasteiger partial charge in [-0.2, -0.15) is 0 Å². The minimum absolute atomic E-state index is 0.144. The molecule has 0 unspecified atom stereocenters. The molecule has 0 bridgehead atoms. The van der Waals surface area contributed by atoms with Crippen molar-refractivity contribution in [2.45, 2.75) is 88.9 Å². The number of aliphatic hydroxyl groups excluding tert-OH is 1. The second-order valence-electron chi connectivity index (χ2n) is 10.6. The zero-order valence-electron chi connectivity index (χ0n) is 16.7. The summed E-state index contributed by atoms with van der Waals surface area (Å²) in [6.07, 6.45) is 11.3. The van der Waals surface area contributed by atoms with Crippen LogP contribution < -0.4 is 0 Å². The summed E-state index contributed by atoms with van der Waals surface area (Å²) >= 11 is 0. The van der Waals surface area contributed by atoms with Crippen molar-refractivity contribution in [1.82, 2.24) is 0 Å². The van der Waals surface area contributed by atoms with E-state index in [1.54, 1.807) is 12.5 Å². The van der Waals surface area contributed by atoms with Crippen molar-refractivity contribution in [3.05, 3.63) is 24.2 Å². The first-order valence-electron chi connectivity index (χ1n) is 10.9. The number of hydrogen-bond acceptors (Lipinski definition) is 4. The fraction of sp³-hybridized carbons (Fsp3) is 0.826. The molecule has 1 heterocycles. The number of aliphatic hydroxyl groups is 3. The predicted octanol–water partition coefficient (Wildman–Crippen LogP) is 3.99. The first-order chi connectivity index (χ1) is 12.7. The average molecular weight is 375 g/mol. The molecule has 1 aromatic rings. The van der Waals surface area contributed by atoms with Crippen molar-refractivity contribution in [2.24, 2.45) is 28.6 Å². The van der Waals surface area contributed by atoms with Crippen molar-refractivity contribution in [3.8, 4) is 0 Å². The van der Waals surface area contributed by atoms with Gasteiger partial charge in [-0.3, -0.25) is 0 Å². The van der Waals surface area contributed by atoms with Gasteiger partial charge in [0.2, 0.25) is 0 Å². The SMILES string of the molecule is C[C@]12CC[C@H](O)C[C@@H]1CC[C@H]1[C@H]2CC[C@]2(C)[C@](O)(c3ccoc3)CC[C@]12O. The maximum Gasteiger partial charge on any atom is 0.101 e. The summed E-state index contributed by atoms with van der Waals surface area (Å²) in [5.74, 6) is 1.31. The number of fused-ring (bicyclic) bond motifs is 5. The molecule has 0 aliphatic heterocycles. The number of furan rings is 1. The molecule has 4 fully saturated rings. The summed E-state index contributed by atoms with van der Waals surface area (Å²) in [5.41, 5.74) is -1.34. The molecule has 4 saturated carbocycles. The highest BCUT2D eigenvalue weighted by atomic mass is 16.3. The Morgan fingerprint density at radius 3 is 2.52 bits per heavy atom. The van der Waals surface area contributed by atoms with Gasteiger partial charge in [0.25, 0.3) is 0 Å². The summed E-state index contributed by atoms with van der Waals surface area (Å²) in [6.45, 7) is 4.53. The van der Waals surface area contributed by atoms with Crippen LogP contribution in [0.15, 0.2) is 23.0 Å². The summed E-state index contributed by atoms with van der Waals surface area (Å²) in [6, 6.07) is 1.86. The summed E-state index contributed by atoms with van der Waals surface area (Å²) in [4.78, 5) is 0. The van der Waals surface area contributed by atoms with Gasteiger partial charge in [-0.05, 0) is 87.0 Å². The quantitative estimate of drug-likeness (QED) is 0.695. The molecule has 0 amide bonds. The van der Waals surface area contributed by atoms with E-state index in [2.05, 4.69) is 13.8 Å². The molecule has 0 aromatic carbocycles. The third-order valence-electron chi connectivity index (χ3n) is 9.97. The molecule has 4 aliphatic rings. The summed E-state index contributed by atoms with van der Waals surface area (Å²) in [5, 5.41) is 34.0. The lowest BCUT2D eigenvalue weighted by Gasteiger charge is -2.64. The van der Waals surface area contributed by atoms with Crippen LogP contribution in [0.4, 0.5) is 0 Å². The van der Waals surface area contributed by atoms with E-state index in [1.807, 2.05) is 6.07 Å². The van der Waals surface area contributed by atoms with E-state index in [-0.39, 0.29) is 17.4 Å². The van der Waals surface area contributed by atoms with Gasteiger partial charge in [0.05, 0.1) is 24.2 Å². The largest absolute Gasteiger partial charge is 0.472 e. The van der Waals surface area contributed by atoms with Crippen molar-refractivity contribution in [2.75, 3.05) is 0 Å². The van der Waals surface area contributed by atoms with E-state index in [4.69, 9.17) is 4.42 Å². The molecular weight excluding hydrogens is 340 g/mol. The maximum atomic E-state index is 12.1. The van der Waals surface area contributed by atoms with Crippen LogP contribution in [0.1, 0.15) is 77.2 Å². The van der Waals surface area contributed by atoms with E-state index in [1.165, 1.54) is 0 Å². The highest BCUT2D eigenvalue weighted by Crippen LogP contribution is 2.71. The van der Waals surface area contributed by atoms with Crippen LogP contribution in [-0.2, 0) is 5.60 Å². The van der Waals surface area contributed by atoms with E-state index >= 15 is 0 Å². The van der Waals surface area contributed by atoms with Crippen LogP contribution in [-0.4, -0.2) is 27.0 Å². The van der Waals surface area contributed by atoms with Gasteiger partial charge in [-0.1, -0.05) is 13.8 Å². The fourth-order valence-corrected chi connectivity index (χ4v) is 8.18. The van der Waals surface area contributed by atoms with Crippen molar-refractivity contribution < 1.29 is 19.7 Å².